The van der Waals surface area contributed by atoms with Gasteiger partial charge in [-0.2, -0.15) is 0 Å². The maximum Gasteiger partial charge on any atom is 0.161 e. The van der Waals surface area contributed by atoms with Crippen LogP contribution in [0.3, 0.4) is 0 Å². The Labute approximate surface area is 110 Å². The van der Waals surface area contributed by atoms with Crippen molar-refractivity contribution in [2.24, 2.45) is 11.7 Å². The second kappa shape index (κ2) is 7.27. The third-order valence-electron chi connectivity index (χ3n) is 3.02. The van der Waals surface area contributed by atoms with E-state index in [0.717, 1.165) is 23.7 Å². The van der Waals surface area contributed by atoms with Crippen molar-refractivity contribution in [1.82, 2.24) is 0 Å². The molecule has 0 amide bonds. The van der Waals surface area contributed by atoms with Crippen LogP contribution in [0.15, 0.2) is 18.2 Å². The molecule has 0 bridgehead atoms. The Morgan fingerprint density at radius 3 is 2.50 bits per heavy atom. The standard InChI is InChI=1S/C15H25NO2/c1-5-6-11(2)10-18-14-8-7-13(12(3)16)9-15(14)17-4/h7-9,11-12H,5-6,10,16H2,1-4H3. The van der Waals surface area contributed by atoms with E-state index in [4.69, 9.17) is 15.2 Å². The van der Waals surface area contributed by atoms with Crippen molar-refractivity contribution in [2.45, 2.75) is 39.7 Å². The van der Waals surface area contributed by atoms with Crippen molar-refractivity contribution < 1.29 is 9.47 Å². The minimum atomic E-state index is 0.00645. The van der Waals surface area contributed by atoms with Crippen molar-refractivity contribution in [1.29, 1.82) is 0 Å². The molecule has 1 aromatic rings. The molecule has 0 aliphatic carbocycles. The summed E-state index contributed by atoms with van der Waals surface area (Å²) in [4.78, 5) is 0. The number of ether oxygens (including phenoxy) is 2. The summed E-state index contributed by atoms with van der Waals surface area (Å²) in [5.74, 6) is 2.12. The highest BCUT2D eigenvalue weighted by Gasteiger charge is 2.09. The third-order valence-corrected chi connectivity index (χ3v) is 3.02. The molecular formula is C15H25NO2. The van der Waals surface area contributed by atoms with Gasteiger partial charge in [-0.05, 0) is 37.0 Å². The Morgan fingerprint density at radius 1 is 1.22 bits per heavy atom. The van der Waals surface area contributed by atoms with E-state index in [9.17, 15) is 0 Å². The summed E-state index contributed by atoms with van der Waals surface area (Å²) < 4.78 is 11.2. The fourth-order valence-electron chi connectivity index (χ4n) is 1.89. The highest BCUT2D eigenvalue weighted by molar-refractivity contribution is 5.43. The average Bonchev–Trinajstić information content (AvgIpc) is 2.36. The number of rotatable bonds is 7. The largest absolute Gasteiger partial charge is 0.493 e. The SMILES string of the molecule is CCCC(C)COc1ccc(C(C)N)cc1OC. The highest BCUT2D eigenvalue weighted by Crippen LogP contribution is 2.30. The molecule has 0 fully saturated rings. The lowest BCUT2D eigenvalue weighted by Gasteiger charge is -2.16. The highest BCUT2D eigenvalue weighted by atomic mass is 16.5. The van der Waals surface area contributed by atoms with Gasteiger partial charge in [0.2, 0.25) is 0 Å². The quantitative estimate of drug-likeness (QED) is 0.806. The normalized spacial score (nSPS) is 14.1. The van der Waals surface area contributed by atoms with Gasteiger partial charge in [0, 0.05) is 6.04 Å². The van der Waals surface area contributed by atoms with E-state index in [1.165, 1.54) is 12.8 Å². The second-order valence-electron chi connectivity index (χ2n) is 4.90. The van der Waals surface area contributed by atoms with Crippen LogP contribution in [0.5, 0.6) is 11.5 Å². The van der Waals surface area contributed by atoms with E-state index in [1.54, 1.807) is 7.11 Å². The van der Waals surface area contributed by atoms with Crippen LogP contribution >= 0.6 is 0 Å². The molecule has 0 aromatic heterocycles. The zero-order valence-electron chi connectivity index (χ0n) is 11.9. The lowest BCUT2D eigenvalue weighted by molar-refractivity contribution is 0.240. The number of hydrogen-bond donors (Lipinski definition) is 1. The van der Waals surface area contributed by atoms with Gasteiger partial charge in [-0.1, -0.05) is 26.3 Å². The summed E-state index contributed by atoms with van der Waals surface area (Å²) >= 11 is 0. The van der Waals surface area contributed by atoms with Gasteiger partial charge in [-0.3, -0.25) is 0 Å². The van der Waals surface area contributed by atoms with Gasteiger partial charge in [-0.15, -0.1) is 0 Å². The third kappa shape index (κ3) is 4.22. The van der Waals surface area contributed by atoms with Gasteiger partial charge in [0.15, 0.2) is 11.5 Å². The summed E-state index contributed by atoms with van der Waals surface area (Å²) in [7, 11) is 1.66. The predicted molar refractivity (Wildman–Crippen MR) is 75.2 cm³/mol. The van der Waals surface area contributed by atoms with Crippen LogP contribution in [0.25, 0.3) is 0 Å². The molecule has 0 aliphatic heterocycles. The lowest BCUT2D eigenvalue weighted by atomic mass is 10.1. The smallest absolute Gasteiger partial charge is 0.161 e. The monoisotopic (exact) mass is 251 g/mol. The fourth-order valence-corrected chi connectivity index (χ4v) is 1.89. The molecule has 102 valence electrons. The lowest BCUT2D eigenvalue weighted by Crippen LogP contribution is -2.10. The Balaban J connectivity index is 2.70. The summed E-state index contributed by atoms with van der Waals surface area (Å²) in [6.45, 7) is 7.07. The van der Waals surface area contributed by atoms with Crippen molar-refractivity contribution in [3.05, 3.63) is 23.8 Å². The molecular weight excluding hydrogens is 226 g/mol. The zero-order valence-corrected chi connectivity index (χ0v) is 11.9. The van der Waals surface area contributed by atoms with E-state index in [2.05, 4.69) is 13.8 Å². The predicted octanol–water partition coefficient (Wildman–Crippen LogP) is 3.53. The molecule has 1 rings (SSSR count). The van der Waals surface area contributed by atoms with E-state index >= 15 is 0 Å². The van der Waals surface area contributed by atoms with Gasteiger partial charge in [0.05, 0.1) is 13.7 Å². The number of methoxy groups -OCH3 is 1. The van der Waals surface area contributed by atoms with Gasteiger partial charge in [0.1, 0.15) is 0 Å². The Hall–Kier alpha value is -1.22. The average molecular weight is 251 g/mol. The molecule has 1 aromatic carbocycles. The van der Waals surface area contributed by atoms with E-state index in [0.29, 0.717) is 5.92 Å². The maximum atomic E-state index is 5.85. The van der Waals surface area contributed by atoms with Crippen molar-refractivity contribution in [3.8, 4) is 11.5 Å². The molecule has 0 heterocycles. The van der Waals surface area contributed by atoms with E-state index in [1.807, 2.05) is 25.1 Å². The van der Waals surface area contributed by atoms with Crippen LogP contribution in [0, 0.1) is 5.92 Å². The first-order chi connectivity index (χ1) is 8.58. The Bertz CT molecular complexity index is 364. The summed E-state index contributed by atoms with van der Waals surface area (Å²) in [5, 5.41) is 0. The summed E-state index contributed by atoms with van der Waals surface area (Å²) in [6, 6.07) is 5.89. The molecule has 0 saturated carbocycles. The molecule has 0 aliphatic rings. The number of nitrogens with two attached hydrogens (primary N) is 1. The molecule has 0 radical (unpaired) electrons. The van der Waals surface area contributed by atoms with Crippen LogP contribution < -0.4 is 15.2 Å². The van der Waals surface area contributed by atoms with Crippen molar-refractivity contribution >= 4 is 0 Å². The maximum absolute atomic E-state index is 5.85. The Kier molecular flexibility index (Phi) is 5.99. The van der Waals surface area contributed by atoms with Gasteiger partial charge < -0.3 is 15.2 Å². The van der Waals surface area contributed by atoms with Gasteiger partial charge in [0.25, 0.3) is 0 Å². The van der Waals surface area contributed by atoms with Crippen LogP contribution in [0.4, 0.5) is 0 Å². The van der Waals surface area contributed by atoms with Crippen LogP contribution in [0.2, 0.25) is 0 Å². The molecule has 2 unspecified atom stereocenters. The molecule has 2 atom stereocenters. The van der Waals surface area contributed by atoms with Gasteiger partial charge >= 0.3 is 0 Å². The minimum Gasteiger partial charge on any atom is -0.493 e. The first-order valence-electron chi connectivity index (χ1n) is 6.64. The van der Waals surface area contributed by atoms with E-state index < -0.39 is 0 Å². The minimum absolute atomic E-state index is 0.00645. The van der Waals surface area contributed by atoms with Crippen molar-refractivity contribution in [2.75, 3.05) is 13.7 Å². The van der Waals surface area contributed by atoms with E-state index in [-0.39, 0.29) is 6.04 Å². The number of hydrogen-bond acceptors (Lipinski definition) is 3. The van der Waals surface area contributed by atoms with Crippen LogP contribution in [0.1, 0.15) is 45.2 Å². The first-order valence-corrected chi connectivity index (χ1v) is 6.64. The first kappa shape index (κ1) is 14.8. The molecule has 0 spiro atoms. The molecule has 3 heteroatoms. The van der Waals surface area contributed by atoms with Gasteiger partial charge in [-0.25, -0.2) is 0 Å². The Morgan fingerprint density at radius 2 is 1.94 bits per heavy atom. The molecule has 3 nitrogen and oxygen atoms in total. The molecule has 0 saturated heterocycles. The second-order valence-corrected chi connectivity index (χ2v) is 4.90. The molecule has 2 N–H and O–H groups in total. The van der Waals surface area contributed by atoms with Crippen molar-refractivity contribution in [3.63, 3.8) is 0 Å². The number of benzene rings is 1. The molecule has 18 heavy (non-hydrogen) atoms. The summed E-state index contributed by atoms with van der Waals surface area (Å²) in [6.07, 6.45) is 2.37. The zero-order chi connectivity index (χ0) is 13.5. The summed E-state index contributed by atoms with van der Waals surface area (Å²) in [5.41, 5.74) is 6.91. The van der Waals surface area contributed by atoms with Crippen LogP contribution in [-0.4, -0.2) is 13.7 Å². The fraction of sp³-hybridized carbons (Fsp3) is 0.600. The topological polar surface area (TPSA) is 44.5 Å². The van der Waals surface area contributed by atoms with Crippen LogP contribution in [-0.2, 0) is 0 Å².